The molecule has 0 spiro atoms. The fourth-order valence-electron chi connectivity index (χ4n) is 2.40. The molecule has 0 amide bonds. The highest BCUT2D eigenvalue weighted by molar-refractivity contribution is 7.27. The molecule has 1 aromatic carbocycles. The topological polar surface area (TPSA) is 97.7 Å². The number of fused-ring (bicyclic) bond motifs is 1. The molecule has 0 saturated heterocycles. The second-order valence-corrected chi connectivity index (χ2v) is 5.46. The van der Waals surface area contributed by atoms with Crippen LogP contribution >= 0.6 is 9.24 Å². The normalized spacial score (nSPS) is 12.6. The zero-order valence-corrected chi connectivity index (χ0v) is 12.4. The molecular formula is C13H16N3O3P. The smallest absolute Gasteiger partial charge is 0.320 e. The number of nitrogens with two attached hydrogens (primary N) is 1. The highest BCUT2D eigenvalue weighted by Crippen LogP contribution is 2.33. The SMILES string of the molecule is Cc1c(CC(N)C(=O)O)c2c(N=O)cc(P)cc2n1C. The van der Waals surface area contributed by atoms with Gasteiger partial charge in [0, 0.05) is 24.5 Å². The molecule has 0 radical (unpaired) electrons. The lowest BCUT2D eigenvalue weighted by molar-refractivity contribution is -0.138. The molecule has 0 aliphatic rings. The number of carboxylic acids is 1. The molecule has 2 atom stereocenters. The fourth-order valence-corrected chi connectivity index (χ4v) is 2.72. The number of aromatic nitrogens is 1. The van der Waals surface area contributed by atoms with E-state index in [-0.39, 0.29) is 6.42 Å². The number of hydrogen-bond donors (Lipinski definition) is 2. The first kappa shape index (κ1) is 14.6. The first-order valence-corrected chi connectivity index (χ1v) is 6.63. The molecule has 2 aromatic rings. The molecule has 0 saturated carbocycles. The van der Waals surface area contributed by atoms with E-state index in [9.17, 15) is 9.70 Å². The van der Waals surface area contributed by atoms with Gasteiger partial charge >= 0.3 is 5.97 Å². The van der Waals surface area contributed by atoms with Crippen molar-refractivity contribution in [2.75, 3.05) is 0 Å². The Kier molecular flexibility index (Phi) is 3.88. The zero-order valence-electron chi connectivity index (χ0n) is 11.3. The monoisotopic (exact) mass is 293 g/mol. The number of hydrogen-bond acceptors (Lipinski definition) is 4. The first-order valence-electron chi connectivity index (χ1n) is 6.06. The molecule has 106 valence electrons. The van der Waals surface area contributed by atoms with E-state index in [4.69, 9.17) is 10.8 Å². The Hall–Kier alpha value is -1.78. The number of carbonyl (C=O) groups is 1. The Bertz CT molecular complexity index is 709. The average Bonchev–Trinajstić information content (AvgIpc) is 2.63. The molecule has 20 heavy (non-hydrogen) atoms. The van der Waals surface area contributed by atoms with Crippen LogP contribution in [0.2, 0.25) is 0 Å². The van der Waals surface area contributed by atoms with Crippen molar-refractivity contribution in [3.8, 4) is 0 Å². The zero-order chi connectivity index (χ0) is 15.0. The van der Waals surface area contributed by atoms with Gasteiger partial charge in [0.05, 0.1) is 5.52 Å². The molecule has 2 rings (SSSR count). The van der Waals surface area contributed by atoms with Crippen LogP contribution < -0.4 is 11.0 Å². The number of aliphatic carboxylic acids is 1. The fraction of sp³-hybridized carbons (Fsp3) is 0.308. The van der Waals surface area contributed by atoms with E-state index in [1.807, 2.05) is 24.6 Å². The third-order valence-electron chi connectivity index (χ3n) is 3.56. The lowest BCUT2D eigenvalue weighted by atomic mass is 10.0. The Balaban J connectivity index is 2.73. The van der Waals surface area contributed by atoms with Crippen molar-refractivity contribution >= 4 is 37.1 Å². The molecule has 0 bridgehead atoms. The van der Waals surface area contributed by atoms with E-state index in [2.05, 4.69) is 14.4 Å². The summed E-state index contributed by atoms with van der Waals surface area (Å²) < 4.78 is 1.92. The summed E-state index contributed by atoms with van der Waals surface area (Å²) in [6.45, 7) is 1.88. The van der Waals surface area contributed by atoms with Gasteiger partial charge in [0.25, 0.3) is 0 Å². The lowest BCUT2D eigenvalue weighted by Gasteiger charge is -2.07. The Labute approximate surface area is 118 Å². The van der Waals surface area contributed by atoms with Crippen molar-refractivity contribution in [2.45, 2.75) is 19.4 Å². The van der Waals surface area contributed by atoms with Crippen molar-refractivity contribution in [3.63, 3.8) is 0 Å². The molecule has 7 heteroatoms. The standard InChI is InChI=1S/C13H16N3O3P/c1-6-8(5-9(14)13(17)18)12-10(15-19)3-7(20)4-11(12)16(6)2/h3-4,9H,5,14,20H2,1-2H3,(H,17,18). The third kappa shape index (κ3) is 2.32. The summed E-state index contributed by atoms with van der Waals surface area (Å²) in [5.74, 6) is -1.07. The van der Waals surface area contributed by atoms with Gasteiger partial charge < -0.3 is 15.4 Å². The number of aryl methyl sites for hydroxylation is 1. The predicted molar refractivity (Wildman–Crippen MR) is 81.8 cm³/mol. The largest absolute Gasteiger partial charge is 0.480 e. The van der Waals surface area contributed by atoms with E-state index >= 15 is 0 Å². The molecule has 0 aliphatic heterocycles. The quantitative estimate of drug-likeness (QED) is 0.656. The summed E-state index contributed by atoms with van der Waals surface area (Å²) in [6, 6.07) is 2.57. The highest BCUT2D eigenvalue weighted by atomic mass is 31.0. The van der Waals surface area contributed by atoms with Crippen LogP contribution in [-0.4, -0.2) is 21.7 Å². The van der Waals surface area contributed by atoms with Crippen LogP contribution in [0, 0.1) is 11.8 Å². The second-order valence-electron chi connectivity index (χ2n) is 4.80. The minimum absolute atomic E-state index is 0.164. The number of rotatable bonds is 4. The van der Waals surface area contributed by atoms with Crippen LogP contribution in [0.25, 0.3) is 10.9 Å². The molecule has 0 fully saturated rings. The lowest BCUT2D eigenvalue weighted by Crippen LogP contribution is -2.32. The Morgan fingerprint density at radius 2 is 2.20 bits per heavy atom. The van der Waals surface area contributed by atoms with Gasteiger partial charge in [-0.2, -0.15) is 0 Å². The van der Waals surface area contributed by atoms with E-state index in [0.29, 0.717) is 11.1 Å². The number of nitrogens with zero attached hydrogens (tertiary/aromatic N) is 2. The molecule has 2 unspecified atom stereocenters. The van der Waals surface area contributed by atoms with Gasteiger partial charge in [-0.15, -0.1) is 14.1 Å². The molecule has 3 N–H and O–H groups in total. The van der Waals surface area contributed by atoms with Gasteiger partial charge in [-0.25, -0.2) is 0 Å². The van der Waals surface area contributed by atoms with Crippen LogP contribution in [0.4, 0.5) is 5.69 Å². The summed E-state index contributed by atoms with van der Waals surface area (Å²) in [4.78, 5) is 22.0. The van der Waals surface area contributed by atoms with Crippen molar-refractivity contribution in [1.29, 1.82) is 0 Å². The summed E-state index contributed by atoms with van der Waals surface area (Å²) in [5, 5.41) is 13.6. The summed E-state index contributed by atoms with van der Waals surface area (Å²) >= 11 is 0. The Morgan fingerprint density at radius 1 is 1.55 bits per heavy atom. The molecule has 1 aromatic heterocycles. The van der Waals surface area contributed by atoms with Crippen molar-refractivity contribution in [3.05, 3.63) is 28.3 Å². The van der Waals surface area contributed by atoms with E-state index < -0.39 is 12.0 Å². The summed E-state index contributed by atoms with van der Waals surface area (Å²) in [5.41, 5.74) is 8.42. The van der Waals surface area contributed by atoms with Crippen molar-refractivity contribution in [1.82, 2.24) is 4.57 Å². The second kappa shape index (κ2) is 5.31. The van der Waals surface area contributed by atoms with Crippen molar-refractivity contribution < 1.29 is 9.90 Å². The maximum atomic E-state index is 11.0. The van der Waals surface area contributed by atoms with Gasteiger partial charge in [-0.3, -0.25) is 4.79 Å². The van der Waals surface area contributed by atoms with Crippen LogP contribution in [0.3, 0.4) is 0 Å². The van der Waals surface area contributed by atoms with E-state index in [0.717, 1.165) is 22.1 Å². The first-order chi connectivity index (χ1) is 9.36. The van der Waals surface area contributed by atoms with Gasteiger partial charge in [0.1, 0.15) is 11.7 Å². The van der Waals surface area contributed by atoms with Crippen LogP contribution in [-0.2, 0) is 18.3 Å². The van der Waals surface area contributed by atoms with Crippen LogP contribution in [0.5, 0.6) is 0 Å². The minimum Gasteiger partial charge on any atom is -0.480 e. The van der Waals surface area contributed by atoms with Crippen molar-refractivity contribution in [2.24, 2.45) is 18.0 Å². The molecule has 1 heterocycles. The van der Waals surface area contributed by atoms with Gasteiger partial charge in [0.2, 0.25) is 0 Å². The van der Waals surface area contributed by atoms with E-state index in [1.165, 1.54) is 0 Å². The summed E-state index contributed by atoms with van der Waals surface area (Å²) in [7, 11) is 4.40. The molecule has 6 nitrogen and oxygen atoms in total. The van der Waals surface area contributed by atoms with Gasteiger partial charge in [-0.1, -0.05) is 0 Å². The van der Waals surface area contributed by atoms with E-state index in [1.54, 1.807) is 6.07 Å². The van der Waals surface area contributed by atoms with Crippen LogP contribution in [0.15, 0.2) is 17.3 Å². The third-order valence-corrected chi connectivity index (χ3v) is 3.89. The molecule has 0 aliphatic carbocycles. The maximum absolute atomic E-state index is 11.0. The summed E-state index contributed by atoms with van der Waals surface area (Å²) in [6.07, 6.45) is 0.164. The minimum atomic E-state index is -1.07. The molecular weight excluding hydrogens is 277 g/mol. The van der Waals surface area contributed by atoms with Gasteiger partial charge in [0.15, 0.2) is 0 Å². The maximum Gasteiger partial charge on any atom is 0.320 e. The number of benzene rings is 1. The predicted octanol–water partition coefficient (Wildman–Crippen LogP) is 1.34. The van der Waals surface area contributed by atoms with Crippen LogP contribution in [0.1, 0.15) is 11.3 Å². The Morgan fingerprint density at radius 3 is 2.75 bits per heavy atom. The van der Waals surface area contributed by atoms with Gasteiger partial charge in [-0.05, 0) is 35.1 Å². The number of nitroso groups, excluding NO2 is 1. The number of carboxylic acid groups (broad SMARTS) is 1. The highest BCUT2D eigenvalue weighted by Gasteiger charge is 2.21. The average molecular weight is 293 g/mol.